The van der Waals surface area contributed by atoms with Crippen molar-refractivity contribution < 1.29 is 23.1 Å². The number of ether oxygens (including phenoxy) is 1. The number of rotatable bonds is 3. The molecule has 0 radical (unpaired) electrons. The zero-order valence-electron chi connectivity index (χ0n) is 10.1. The first kappa shape index (κ1) is 14.1. The Labute approximate surface area is 103 Å². The van der Waals surface area contributed by atoms with Gasteiger partial charge >= 0.3 is 11.9 Å². The first-order valence-corrected chi connectivity index (χ1v) is 5.23. The van der Waals surface area contributed by atoms with Gasteiger partial charge in [-0.3, -0.25) is 4.79 Å². The minimum atomic E-state index is -0.989. The Kier molecular flexibility index (Phi) is 4.76. The molecular formula is C12H13F2NO3. The van der Waals surface area contributed by atoms with Gasteiger partial charge in [0.25, 0.3) is 0 Å². The lowest BCUT2D eigenvalue weighted by Crippen LogP contribution is -2.35. The van der Waals surface area contributed by atoms with Crippen LogP contribution in [0.2, 0.25) is 0 Å². The van der Waals surface area contributed by atoms with Crippen molar-refractivity contribution in [3.8, 4) is 0 Å². The number of hydrogen-bond acceptors (Lipinski definition) is 3. The van der Waals surface area contributed by atoms with E-state index >= 15 is 0 Å². The standard InChI is InChI=1S/C12H13F2NO3/c1-15(11(16)12(17)18-2)6-5-8-7-9(13)3-4-10(8)14/h3-4,7H,5-6H2,1-2H3. The number of likely N-dealkylation sites (N-methyl/N-ethyl adjacent to an activating group) is 1. The summed E-state index contributed by atoms with van der Waals surface area (Å²) >= 11 is 0. The number of hydrogen-bond donors (Lipinski definition) is 0. The smallest absolute Gasteiger partial charge is 0.396 e. The average Bonchev–Trinajstić information content (AvgIpc) is 2.37. The van der Waals surface area contributed by atoms with Crippen LogP contribution in [0.3, 0.4) is 0 Å². The SMILES string of the molecule is COC(=O)C(=O)N(C)CCc1cc(F)ccc1F. The Bertz CT molecular complexity index is 463. The Balaban J connectivity index is 2.62. The molecule has 0 atom stereocenters. The number of benzene rings is 1. The second-order valence-corrected chi connectivity index (χ2v) is 3.70. The van der Waals surface area contributed by atoms with Crippen LogP contribution in [0.4, 0.5) is 8.78 Å². The molecule has 0 fully saturated rings. The second kappa shape index (κ2) is 6.09. The summed E-state index contributed by atoms with van der Waals surface area (Å²) in [7, 11) is 2.48. The molecule has 0 aliphatic rings. The average molecular weight is 257 g/mol. The molecule has 0 aliphatic carbocycles. The third-order valence-electron chi connectivity index (χ3n) is 2.43. The number of methoxy groups -OCH3 is 1. The van der Waals surface area contributed by atoms with Gasteiger partial charge in [0.15, 0.2) is 0 Å². The molecule has 0 heterocycles. The lowest BCUT2D eigenvalue weighted by Gasteiger charge is -2.15. The van der Waals surface area contributed by atoms with E-state index in [0.717, 1.165) is 30.2 Å². The highest BCUT2D eigenvalue weighted by Gasteiger charge is 2.19. The van der Waals surface area contributed by atoms with E-state index in [0.29, 0.717) is 0 Å². The van der Waals surface area contributed by atoms with Crippen molar-refractivity contribution in [1.29, 1.82) is 0 Å². The lowest BCUT2D eigenvalue weighted by atomic mass is 10.1. The van der Waals surface area contributed by atoms with Gasteiger partial charge in [0.2, 0.25) is 0 Å². The summed E-state index contributed by atoms with van der Waals surface area (Å²) in [6.07, 6.45) is 0.114. The van der Waals surface area contributed by atoms with Crippen LogP contribution in [0.15, 0.2) is 18.2 Å². The molecule has 1 rings (SSSR count). The van der Waals surface area contributed by atoms with E-state index in [1.807, 2.05) is 0 Å². The number of halogens is 2. The molecule has 6 heteroatoms. The van der Waals surface area contributed by atoms with Gasteiger partial charge in [0.1, 0.15) is 11.6 Å². The van der Waals surface area contributed by atoms with Crippen LogP contribution in [0.1, 0.15) is 5.56 Å². The molecule has 1 amide bonds. The molecule has 0 unspecified atom stereocenters. The fraction of sp³-hybridized carbons (Fsp3) is 0.333. The summed E-state index contributed by atoms with van der Waals surface area (Å²) in [6, 6.07) is 3.10. The van der Waals surface area contributed by atoms with Gasteiger partial charge in [-0.15, -0.1) is 0 Å². The summed E-state index contributed by atoms with van der Waals surface area (Å²) in [5.41, 5.74) is 0.152. The maximum absolute atomic E-state index is 13.3. The van der Waals surface area contributed by atoms with E-state index in [4.69, 9.17) is 0 Å². The normalized spacial score (nSPS) is 10.0. The number of esters is 1. The largest absolute Gasteiger partial charge is 0.462 e. The molecule has 1 aromatic carbocycles. The third-order valence-corrected chi connectivity index (χ3v) is 2.43. The monoisotopic (exact) mass is 257 g/mol. The van der Waals surface area contributed by atoms with Gasteiger partial charge in [-0.05, 0) is 30.2 Å². The van der Waals surface area contributed by atoms with Crippen LogP contribution >= 0.6 is 0 Å². The van der Waals surface area contributed by atoms with Crippen molar-refractivity contribution in [2.45, 2.75) is 6.42 Å². The van der Waals surface area contributed by atoms with Crippen molar-refractivity contribution in [2.24, 2.45) is 0 Å². The molecule has 0 aliphatic heterocycles. The van der Waals surface area contributed by atoms with Crippen molar-refractivity contribution in [3.05, 3.63) is 35.4 Å². The molecule has 0 spiro atoms. The van der Waals surface area contributed by atoms with Crippen molar-refractivity contribution in [3.63, 3.8) is 0 Å². The molecule has 0 saturated heterocycles. The van der Waals surface area contributed by atoms with Gasteiger partial charge in [0, 0.05) is 13.6 Å². The van der Waals surface area contributed by atoms with Crippen LogP contribution in [0, 0.1) is 11.6 Å². The van der Waals surface area contributed by atoms with Crippen molar-refractivity contribution in [1.82, 2.24) is 4.90 Å². The molecule has 0 saturated carbocycles. The molecule has 0 N–H and O–H groups in total. The van der Waals surface area contributed by atoms with E-state index in [2.05, 4.69) is 4.74 Å². The van der Waals surface area contributed by atoms with Crippen LogP contribution < -0.4 is 0 Å². The summed E-state index contributed by atoms with van der Waals surface area (Å²) in [4.78, 5) is 23.4. The predicted molar refractivity (Wildman–Crippen MR) is 59.7 cm³/mol. The molecule has 18 heavy (non-hydrogen) atoms. The molecule has 1 aromatic rings. The molecular weight excluding hydrogens is 244 g/mol. The van der Waals surface area contributed by atoms with Crippen LogP contribution in [-0.2, 0) is 20.7 Å². The topological polar surface area (TPSA) is 46.6 Å². The Morgan fingerprint density at radius 1 is 1.33 bits per heavy atom. The first-order chi connectivity index (χ1) is 8.45. The number of amides is 1. The number of nitrogens with zero attached hydrogens (tertiary/aromatic N) is 1. The van der Waals surface area contributed by atoms with E-state index in [1.165, 1.54) is 7.05 Å². The van der Waals surface area contributed by atoms with Gasteiger partial charge in [-0.1, -0.05) is 0 Å². The van der Waals surface area contributed by atoms with Gasteiger partial charge in [-0.25, -0.2) is 13.6 Å². The Morgan fingerprint density at radius 2 is 2.00 bits per heavy atom. The fourth-order valence-corrected chi connectivity index (χ4v) is 1.37. The summed E-state index contributed by atoms with van der Waals surface area (Å²) in [6.45, 7) is 0.0916. The quantitative estimate of drug-likeness (QED) is 0.602. The fourth-order valence-electron chi connectivity index (χ4n) is 1.37. The number of carbonyl (C=O) groups is 2. The highest BCUT2D eigenvalue weighted by molar-refractivity contribution is 6.32. The molecule has 0 bridgehead atoms. The summed E-state index contributed by atoms with van der Waals surface area (Å²) < 4.78 is 30.4. The molecule has 98 valence electrons. The van der Waals surface area contributed by atoms with E-state index in [1.54, 1.807) is 0 Å². The highest BCUT2D eigenvalue weighted by Crippen LogP contribution is 2.10. The van der Waals surface area contributed by atoms with Crippen LogP contribution in [0.25, 0.3) is 0 Å². The zero-order chi connectivity index (χ0) is 13.7. The maximum atomic E-state index is 13.3. The van der Waals surface area contributed by atoms with Gasteiger partial charge in [0.05, 0.1) is 7.11 Å². The predicted octanol–water partition coefficient (Wildman–Crippen LogP) is 1.14. The Morgan fingerprint density at radius 3 is 2.61 bits per heavy atom. The van der Waals surface area contributed by atoms with Gasteiger partial charge in [-0.2, -0.15) is 0 Å². The Hall–Kier alpha value is -1.98. The van der Waals surface area contributed by atoms with Crippen molar-refractivity contribution >= 4 is 11.9 Å². The minimum absolute atomic E-state index is 0.0916. The van der Waals surface area contributed by atoms with E-state index < -0.39 is 23.5 Å². The van der Waals surface area contributed by atoms with Crippen molar-refractivity contribution in [2.75, 3.05) is 20.7 Å². The first-order valence-electron chi connectivity index (χ1n) is 5.23. The highest BCUT2D eigenvalue weighted by atomic mass is 19.1. The summed E-state index contributed by atoms with van der Waals surface area (Å²) in [5, 5.41) is 0. The lowest BCUT2D eigenvalue weighted by molar-refractivity contribution is -0.157. The van der Waals surface area contributed by atoms with Crippen LogP contribution in [-0.4, -0.2) is 37.5 Å². The number of carbonyl (C=O) groups excluding carboxylic acids is 2. The van der Waals surface area contributed by atoms with Gasteiger partial charge < -0.3 is 9.64 Å². The minimum Gasteiger partial charge on any atom is -0.462 e. The van der Waals surface area contributed by atoms with Crippen LogP contribution in [0.5, 0.6) is 0 Å². The van der Waals surface area contributed by atoms with E-state index in [-0.39, 0.29) is 18.5 Å². The molecule has 4 nitrogen and oxygen atoms in total. The maximum Gasteiger partial charge on any atom is 0.396 e. The molecule has 0 aromatic heterocycles. The second-order valence-electron chi connectivity index (χ2n) is 3.70. The summed E-state index contributed by atoms with van der Waals surface area (Å²) in [5.74, 6) is -2.91. The third kappa shape index (κ3) is 3.51. The zero-order valence-corrected chi connectivity index (χ0v) is 10.1. The van der Waals surface area contributed by atoms with E-state index in [9.17, 15) is 18.4 Å².